The molecule has 0 unspecified atom stereocenters. The van der Waals surface area contributed by atoms with Crippen molar-refractivity contribution in [2.24, 2.45) is 0 Å². The summed E-state index contributed by atoms with van der Waals surface area (Å²) >= 11 is 0. The van der Waals surface area contributed by atoms with Gasteiger partial charge in [-0.15, -0.1) is 0 Å². The van der Waals surface area contributed by atoms with E-state index in [0.29, 0.717) is 0 Å². The van der Waals surface area contributed by atoms with Gasteiger partial charge in [-0.3, -0.25) is 0 Å². The lowest BCUT2D eigenvalue weighted by Crippen LogP contribution is -2.02. The molecule has 1 aromatic heterocycles. The van der Waals surface area contributed by atoms with Crippen LogP contribution in [0.5, 0.6) is 5.75 Å². The molecule has 1 aromatic carbocycles. The Kier molecular flexibility index (Phi) is 3.49. The van der Waals surface area contributed by atoms with Crippen LogP contribution in [0.4, 0.5) is 8.78 Å². The van der Waals surface area contributed by atoms with Gasteiger partial charge in [-0.05, 0) is 18.2 Å². The number of benzene rings is 1. The van der Waals surface area contributed by atoms with Crippen LogP contribution >= 0.6 is 0 Å². The number of halogens is 2. The van der Waals surface area contributed by atoms with Crippen molar-refractivity contribution in [2.45, 2.75) is 6.61 Å². The molecule has 0 bridgehead atoms. The molecule has 2 aromatic rings. The van der Waals surface area contributed by atoms with Crippen LogP contribution in [0.1, 0.15) is 11.1 Å². The topological polar surface area (TPSA) is 45.9 Å². The third-order valence-corrected chi connectivity index (χ3v) is 2.31. The first-order valence-electron chi connectivity index (χ1n) is 5.13. The lowest BCUT2D eigenvalue weighted by molar-refractivity contribution is 0.280. The van der Waals surface area contributed by atoms with Crippen LogP contribution in [0.3, 0.4) is 0 Å². The van der Waals surface area contributed by atoms with E-state index in [9.17, 15) is 8.78 Å². The molecule has 0 aliphatic carbocycles. The molecule has 0 N–H and O–H groups in total. The normalized spacial score (nSPS) is 9.83. The summed E-state index contributed by atoms with van der Waals surface area (Å²) in [5.41, 5.74) is 0.125. The molecular formula is C13H8F2N2O. The summed E-state index contributed by atoms with van der Waals surface area (Å²) in [5.74, 6) is -1.46. The predicted molar refractivity (Wildman–Crippen MR) is 59.6 cm³/mol. The minimum absolute atomic E-state index is 0.0562. The van der Waals surface area contributed by atoms with Gasteiger partial charge in [0.05, 0.1) is 5.56 Å². The number of pyridine rings is 1. The molecule has 5 heteroatoms. The standard InChI is InChI=1S/C13H8F2N2O/c14-12-9(7-16)3-1-4-10(12)8-18-11-5-2-6-17-13(11)15/h1-6H,8H2. The smallest absolute Gasteiger partial charge is 0.255 e. The predicted octanol–water partition coefficient (Wildman–Crippen LogP) is 2.81. The molecule has 0 aliphatic rings. The van der Waals surface area contributed by atoms with Crippen molar-refractivity contribution in [3.05, 3.63) is 59.4 Å². The highest BCUT2D eigenvalue weighted by molar-refractivity contribution is 5.35. The Bertz CT molecular complexity index is 608. The molecule has 0 saturated heterocycles. The van der Waals surface area contributed by atoms with Crippen LogP contribution in [0.15, 0.2) is 36.5 Å². The number of nitriles is 1. The number of aromatic nitrogens is 1. The highest BCUT2D eigenvalue weighted by atomic mass is 19.1. The van der Waals surface area contributed by atoms with E-state index >= 15 is 0 Å². The largest absolute Gasteiger partial charge is 0.484 e. The average Bonchev–Trinajstić information content (AvgIpc) is 2.39. The summed E-state index contributed by atoms with van der Waals surface area (Å²) in [6.45, 7) is -0.163. The van der Waals surface area contributed by atoms with E-state index in [2.05, 4.69) is 4.98 Å². The first-order valence-corrected chi connectivity index (χ1v) is 5.13. The minimum Gasteiger partial charge on any atom is -0.484 e. The summed E-state index contributed by atoms with van der Waals surface area (Å²) in [6, 6.07) is 9.02. The number of hydrogen-bond acceptors (Lipinski definition) is 3. The van der Waals surface area contributed by atoms with E-state index < -0.39 is 11.8 Å². The average molecular weight is 246 g/mol. The zero-order valence-corrected chi connectivity index (χ0v) is 9.23. The molecule has 18 heavy (non-hydrogen) atoms. The fourth-order valence-electron chi connectivity index (χ4n) is 1.41. The molecular weight excluding hydrogens is 238 g/mol. The molecule has 0 saturated carbocycles. The van der Waals surface area contributed by atoms with E-state index in [1.165, 1.54) is 30.5 Å². The van der Waals surface area contributed by atoms with Crippen molar-refractivity contribution in [1.29, 1.82) is 5.26 Å². The third-order valence-electron chi connectivity index (χ3n) is 2.31. The SMILES string of the molecule is N#Cc1cccc(COc2cccnc2F)c1F. The van der Waals surface area contributed by atoms with E-state index in [4.69, 9.17) is 10.00 Å². The molecule has 3 nitrogen and oxygen atoms in total. The van der Waals surface area contributed by atoms with E-state index in [1.54, 1.807) is 12.1 Å². The molecule has 2 rings (SSSR count). The van der Waals surface area contributed by atoms with Crippen molar-refractivity contribution >= 4 is 0 Å². The lowest BCUT2D eigenvalue weighted by atomic mass is 10.1. The van der Waals surface area contributed by atoms with Gasteiger partial charge in [0.1, 0.15) is 18.5 Å². The minimum atomic E-state index is -0.755. The quantitative estimate of drug-likeness (QED) is 0.782. The van der Waals surface area contributed by atoms with Crippen molar-refractivity contribution < 1.29 is 13.5 Å². The summed E-state index contributed by atoms with van der Waals surface area (Å²) in [7, 11) is 0. The van der Waals surface area contributed by atoms with Crippen LogP contribution in [-0.2, 0) is 6.61 Å². The zero-order valence-electron chi connectivity index (χ0n) is 9.23. The third kappa shape index (κ3) is 2.43. The summed E-state index contributed by atoms with van der Waals surface area (Å²) in [4.78, 5) is 3.41. The van der Waals surface area contributed by atoms with Gasteiger partial charge >= 0.3 is 0 Å². The molecule has 0 fully saturated rings. The maximum Gasteiger partial charge on any atom is 0.255 e. The molecule has 1 heterocycles. The summed E-state index contributed by atoms with van der Waals surface area (Å²) < 4.78 is 31.9. The van der Waals surface area contributed by atoms with E-state index in [-0.39, 0.29) is 23.5 Å². The molecule has 90 valence electrons. The highest BCUT2D eigenvalue weighted by Crippen LogP contribution is 2.17. The molecule has 0 spiro atoms. The van der Waals surface area contributed by atoms with Crippen molar-refractivity contribution in [3.63, 3.8) is 0 Å². The van der Waals surface area contributed by atoms with Gasteiger partial charge in [0.2, 0.25) is 0 Å². The Morgan fingerprint density at radius 2 is 2.06 bits per heavy atom. The van der Waals surface area contributed by atoms with Gasteiger partial charge < -0.3 is 4.74 Å². The molecule has 0 aliphatic heterocycles. The van der Waals surface area contributed by atoms with Gasteiger partial charge in [-0.1, -0.05) is 12.1 Å². The number of nitrogens with zero attached hydrogens (tertiary/aromatic N) is 2. The summed E-state index contributed by atoms with van der Waals surface area (Å²) in [5, 5.41) is 8.67. The van der Waals surface area contributed by atoms with E-state index in [1.807, 2.05) is 0 Å². The van der Waals surface area contributed by atoms with Gasteiger partial charge in [-0.25, -0.2) is 9.37 Å². The van der Waals surface area contributed by atoms with Gasteiger partial charge in [0.25, 0.3) is 5.95 Å². The maximum atomic E-state index is 13.7. The number of ether oxygens (including phenoxy) is 1. The van der Waals surface area contributed by atoms with Gasteiger partial charge in [-0.2, -0.15) is 9.65 Å². The number of hydrogen-bond donors (Lipinski definition) is 0. The van der Waals surface area contributed by atoms with Crippen molar-refractivity contribution in [3.8, 4) is 11.8 Å². The molecule has 0 radical (unpaired) electrons. The Balaban J connectivity index is 2.17. The monoisotopic (exact) mass is 246 g/mol. The number of rotatable bonds is 3. The molecule has 0 amide bonds. The lowest BCUT2D eigenvalue weighted by Gasteiger charge is -2.07. The van der Waals surface area contributed by atoms with Crippen LogP contribution in [0, 0.1) is 23.1 Å². The van der Waals surface area contributed by atoms with Crippen LogP contribution < -0.4 is 4.74 Å². The summed E-state index contributed by atoms with van der Waals surface area (Å²) in [6.07, 6.45) is 1.29. The van der Waals surface area contributed by atoms with Gasteiger partial charge in [0.15, 0.2) is 5.75 Å². The Morgan fingerprint density at radius 3 is 2.78 bits per heavy atom. The Hall–Kier alpha value is -2.48. The maximum absolute atomic E-state index is 13.7. The first-order chi connectivity index (χ1) is 8.72. The Morgan fingerprint density at radius 1 is 1.22 bits per heavy atom. The second kappa shape index (κ2) is 5.23. The Labute approximate surface area is 102 Å². The molecule has 0 atom stereocenters. The highest BCUT2D eigenvalue weighted by Gasteiger charge is 2.09. The van der Waals surface area contributed by atoms with Crippen molar-refractivity contribution in [2.75, 3.05) is 0 Å². The van der Waals surface area contributed by atoms with Gasteiger partial charge in [0, 0.05) is 11.8 Å². The first kappa shape index (κ1) is 12.0. The van der Waals surface area contributed by atoms with Crippen LogP contribution in [0.2, 0.25) is 0 Å². The fourth-order valence-corrected chi connectivity index (χ4v) is 1.41. The second-order valence-electron chi connectivity index (χ2n) is 3.47. The van der Waals surface area contributed by atoms with E-state index in [0.717, 1.165) is 0 Å². The zero-order chi connectivity index (χ0) is 13.0. The van der Waals surface area contributed by atoms with Crippen LogP contribution in [-0.4, -0.2) is 4.98 Å². The van der Waals surface area contributed by atoms with Crippen LogP contribution in [0.25, 0.3) is 0 Å². The second-order valence-corrected chi connectivity index (χ2v) is 3.47. The van der Waals surface area contributed by atoms with Crippen molar-refractivity contribution in [1.82, 2.24) is 4.98 Å². The fraction of sp³-hybridized carbons (Fsp3) is 0.0769.